The van der Waals surface area contributed by atoms with Gasteiger partial charge in [-0.3, -0.25) is 0 Å². The first-order chi connectivity index (χ1) is 11.1. The van der Waals surface area contributed by atoms with Gasteiger partial charge in [-0.1, -0.05) is 12.1 Å². The maximum atomic E-state index is 13.9. The highest BCUT2D eigenvalue weighted by Gasteiger charge is 2.12. The topological polar surface area (TPSA) is 74.7 Å². The Hall–Kier alpha value is -3.20. The number of hydrogen-bond donors (Lipinski definition) is 1. The zero-order chi connectivity index (χ0) is 16.4. The number of benzene rings is 1. The lowest BCUT2D eigenvalue weighted by molar-refractivity contribution is 0.432. The molecule has 114 valence electrons. The minimum atomic E-state index is -0.302. The molecule has 1 aromatic carbocycles. The summed E-state index contributed by atoms with van der Waals surface area (Å²) in [6.45, 7) is 1.82. The highest BCUT2D eigenvalue weighted by atomic mass is 19.1. The summed E-state index contributed by atoms with van der Waals surface area (Å²) in [6, 6.07) is 11.5. The van der Waals surface area contributed by atoms with Crippen LogP contribution in [0.25, 0.3) is 5.82 Å². The predicted molar refractivity (Wildman–Crippen MR) is 81.7 cm³/mol. The summed E-state index contributed by atoms with van der Waals surface area (Å²) in [7, 11) is 0. The molecule has 3 rings (SSSR count). The summed E-state index contributed by atoms with van der Waals surface area (Å²) in [5.41, 5.74) is 2.27. The molecule has 0 bridgehead atoms. The maximum Gasteiger partial charge on any atom is 0.215 e. The van der Waals surface area contributed by atoms with Crippen LogP contribution in [0.4, 0.5) is 4.39 Å². The van der Waals surface area contributed by atoms with E-state index in [0.29, 0.717) is 22.6 Å². The summed E-state index contributed by atoms with van der Waals surface area (Å²) in [4.78, 5) is 4.08. The fourth-order valence-corrected chi connectivity index (χ4v) is 2.27. The molecule has 0 radical (unpaired) electrons. The van der Waals surface area contributed by atoms with E-state index in [0.717, 1.165) is 5.56 Å². The number of pyridine rings is 1. The molecule has 0 atom stereocenters. The van der Waals surface area contributed by atoms with Gasteiger partial charge in [-0.2, -0.15) is 15.0 Å². The van der Waals surface area contributed by atoms with Crippen LogP contribution in [-0.4, -0.2) is 19.9 Å². The van der Waals surface area contributed by atoms with Crippen molar-refractivity contribution in [2.24, 2.45) is 0 Å². The molecule has 0 spiro atoms. The van der Waals surface area contributed by atoms with E-state index in [1.165, 1.54) is 29.1 Å². The Labute approximate surface area is 132 Å². The van der Waals surface area contributed by atoms with Gasteiger partial charge < -0.3 is 5.11 Å². The Morgan fingerprint density at radius 1 is 1.26 bits per heavy atom. The summed E-state index contributed by atoms with van der Waals surface area (Å²) in [5.74, 6) is -0.0871. The summed E-state index contributed by atoms with van der Waals surface area (Å²) in [6.07, 6.45) is 1.72. The normalized spacial score (nSPS) is 10.5. The van der Waals surface area contributed by atoms with Gasteiger partial charge in [0.1, 0.15) is 5.82 Å². The molecule has 0 saturated carbocycles. The van der Waals surface area contributed by atoms with Crippen LogP contribution in [0.3, 0.4) is 0 Å². The van der Waals surface area contributed by atoms with Crippen molar-refractivity contribution in [1.29, 1.82) is 5.26 Å². The smallest absolute Gasteiger partial charge is 0.215 e. The van der Waals surface area contributed by atoms with Crippen molar-refractivity contribution in [1.82, 2.24) is 14.8 Å². The van der Waals surface area contributed by atoms with Gasteiger partial charge >= 0.3 is 0 Å². The van der Waals surface area contributed by atoms with Crippen molar-refractivity contribution in [2.75, 3.05) is 0 Å². The lowest BCUT2D eigenvalue weighted by Crippen LogP contribution is -2.01. The number of nitriles is 1. The molecule has 0 amide bonds. The Bertz CT molecular complexity index is 911. The van der Waals surface area contributed by atoms with Gasteiger partial charge in [0.2, 0.25) is 5.88 Å². The predicted octanol–water partition coefficient (Wildman–Crippen LogP) is 2.88. The largest absolute Gasteiger partial charge is 0.493 e. The first-order valence-corrected chi connectivity index (χ1v) is 6.96. The van der Waals surface area contributed by atoms with E-state index in [9.17, 15) is 9.50 Å². The average Bonchev–Trinajstić information content (AvgIpc) is 2.91. The molecule has 0 aliphatic heterocycles. The molecular weight excluding hydrogens is 295 g/mol. The first kappa shape index (κ1) is 14.7. The average molecular weight is 308 g/mol. The molecule has 0 saturated heterocycles. The van der Waals surface area contributed by atoms with Crippen molar-refractivity contribution < 1.29 is 9.50 Å². The first-order valence-electron chi connectivity index (χ1n) is 6.96. The fourth-order valence-electron chi connectivity index (χ4n) is 2.27. The SMILES string of the molecule is Cc1ccc(Cc2cc(O)n(-c3cc(C#N)ccn3)n2)c(F)c1. The van der Waals surface area contributed by atoms with Gasteiger partial charge in [0.25, 0.3) is 0 Å². The van der Waals surface area contributed by atoms with E-state index in [1.807, 2.05) is 19.1 Å². The minimum Gasteiger partial charge on any atom is -0.493 e. The second-order valence-electron chi connectivity index (χ2n) is 5.19. The monoisotopic (exact) mass is 308 g/mol. The number of halogens is 1. The van der Waals surface area contributed by atoms with E-state index < -0.39 is 0 Å². The lowest BCUT2D eigenvalue weighted by atomic mass is 10.1. The Kier molecular flexibility index (Phi) is 3.77. The number of aromatic hydroxyl groups is 1. The van der Waals surface area contributed by atoms with Crippen LogP contribution < -0.4 is 0 Å². The number of aryl methyl sites for hydroxylation is 1. The van der Waals surface area contributed by atoms with E-state index in [-0.39, 0.29) is 18.1 Å². The molecule has 2 heterocycles. The van der Waals surface area contributed by atoms with Crippen LogP contribution in [-0.2, 0) is 6.42 Å². The number of aromatic nitrogens is 3. The molecule has 23 heavy (non-hydrogen) atoms. The Balaban J connectivity index is 1.93. The quantitative estimate of drug-likeness (QED) is 0.807. The van der Waals surface area contributed by atoms with Crippen molar-refractivity contribution in [2.45, 2.75) is 13.3 Å². The molecule has 3 aromatic rings. The van der Waals surface area contributed by atoms with Gasteiger partial charge in [-0.15, -0.1) is 0 Å². The molecule has 0 unspecified atom stereocenters. The van der Waals surface area contributed by atoms with Crippen LogP contribution in [0.5, 0.6) is 5.88 Å². The Morgan fingerprint density at radius 3 is 2.83 bits per heavy atom. The summed E-state index contributed by atoms with van der Waals surface area (Å²) < 4.78 is 15.1. The lowest BCUT2D eigenvalue weighted by Gasteiger charge is -2.03. The molecule has 5 nitrogen and oxygen atoms in total. The second-order valence-corrected chi connectivity index (χ2v) is 5.19. The summed E-state index contributed by atoms with van der Waals surface area (Å²) >= 11 is 0. The molecular formula is C17H13FN4O. The van der Waals surface area contributed by atoms with Crippen LogP contribution in [0.15, 0.2) is 42.6 Å². The van der Waals surface area contributed by atoms with Crippen LogP contribution >= 0.6 is 0 Å². The molecule has 0 aliphatic rings. The van der Waals surface area contributed by atoms with E-state index in [2.05, 4.69) is 10.1 Å². The highest BCUT2D eigenvalue weighted by molar-refractivity contribution is 5.38. The number of nitrogens with zero attached hydrogens (tertiary/aromatic N) is 4. The van der Waals surface area contributed by atoms with E-state index in [1.54, 1.807) is 12.1 Å². The van der Waals surface area contributed by atoms with Crippen molar-refractivity contribution in [3.8, 4) is 17.8 Å². The molecule has 6 heteroatoms. The van der Waals surface area contributed by atoms with Crippen LogP contribution in [0, 0.1) is 24.1 Å². The van der Waals surface area contributed by atoms with Gasteiger partial charge in [0, 0.05) is 24.8 Å². The number of hydrogen-bond acceptors (Lipinski definition) is 4. The standard InChI is InChI=1S/C17H13FN4O/c1-11-2-3-13(15(18)6-11)8-14-9-17(23)22(21-14)16-7-12(10-19)4-5-20-16/h2-7,9,23H,8H2,1H3. The van der Waals surface area contributed by atoms with Crippen LogP contribution in [0.1, 0.15) is 22.4 Å². The zero-order valence-corrected chi connectivity index (χ0v) is 12.4. The van der Waals surface area contributed by atoms with Crippen molar-refractivity contribution >= 4 is 0 Å². The van der Waals surface area contributed by atoms with Crippen molar-refractivity contribution in [3.05, 3.63) is 70.8 Å². The summed E-state index contributed by atoms with van der Waals surface area (Å²) in [5, 5.41) is 23.2. The Morgan fingerprint density at radius 2 is 2.09 bits per heavy atom. The van der Waals surface area contributed by atoms with Gasteiger partial charge in [0.15, 0.2) is 5.82 Å². The molecule has 0 fully saturated rings. The maximum absolute atomic E-state index is 13.9. The van der Waals surface area contributed by atoms with Crippen molar-refractivity contribution in [3.63, 3.8) is 0 Å². The third-order valence-electron chi connectivity index (χ3n) is 3.41. The van der Waals surface area contributed by atoms with E-state index in [4.69, 9.17) is 5.26 Å². The third kappa shape index (κ3) is 3.04. The minimum absolute atomic E-state index is 0.116. The third-order valence-corrected chi connectivity index (χ3v) is 3.41. The van der Waals surface area contributed by atoms with Gasteiger partial charge in [0.05, 0.1) is 17.3 Å². The zero-order valence-electron chi connectivity index (χ0n) is 12.4. The van der Waals surface area contributed by atoms with E-state index >= 15 is 0 Å². The molecule has 2 aromatic heterocycles. The second kappa shape index (κ2) is 5.89. The molecule has 0 aliphatic carbocycles. The highest BCUT2D eigenvalue weighted by Crippen LogP contribution is 2.20. The van der Waals surface area contributed by atoms with Crippen LogP contribution in [0.2, 0.25) is 0 Å². The van der Waals surface area contributed by atoms with Gasteiger partial charge in [-0.25, -0.2) is 9.37 Å². The van der Waals surface area contributed by atoms with Gasteiger partial charge in [-0.05, 0) is 30.2 Å². The number of rotatable bonds is 3. The molecule has 1 N–H and O–H groups in total. The fraction of sp³-hybridized carbons (Fsp3) is 0.118.